The van der Waals surface area contributed by atoms with Crippen LogP contribution in [0.15, 0.2) is 72.4 Å². The van der Waals surface area contributed by atoms with E-state index in [2.05, 4.69) is 44.7 Å². The quantitative estimate of drug-likeness (QED) is 0.205. The summed E-state index contributed by atoms with van der Waals surface area (Å²) in [4.78, 5) is 12.3. The van der Waals surface area contributed by atoms with E-state index < -0.39 is 0 Å². The maximum atomic E-state index is 12.3. The molecule has 0 aliphatic carbocycles. The van der Waals surface area contributed by atoms with Gasteiger partial charge >= 0.3 is 0 Å². The molecule has 3 rings (SSSR count). The van der Waals surface area contributed by atoms with Gasteiger partial charge in [0.15, 0.2) is 16.8 Å². The normalized spacial score (nSPS) is 10.6. The summed E-state index contributed by atoms with van der Waals surface area (Å²) in [5, 5.41) is 12.6. The minimum absolute atomic E-state index is 0.0762. The number of carbonyl (C=O) groups is 1. The highest BCUT2D eigenvalue weighted by Crippen LogP contribution is 2.20. The fourth-order valence-corrected chi connectivity index (χ4v) is 3.68. The Morgan fingerprint density at radius 3 is 2.59 bits per heavy atom. The zero-order valence-electron chi connectivity index (χ0n) is 14.6. The van der Waals surface area contributed by atoms with Crippen molar-refractivity contribution < 1.29 is 4.79 Å². The molecule has 3 aromatic rings. The average molecular weight is 490 g/mol. The molecular weight excluding hydrogens is 471 g/mol. The third-order valence-electron chi connectivity index (χ3n) is 3.83. The number of carbonyl (C=O) groups excluding carboxylic acids is 1. The number of rotatable bonds is 9. The molecule has 0 saturated carbocycles. The number of Topliss-reactive ketones (excluding diaryl/α,β-unsaturated/α-hetero) is 1. The van der Waals surface area contributed by atoms with Crippen LogP contribution in [0.4, 0.5) is 5.69 Å². The van der Waals surface area contributed by atoms with Crippen molar-refractivity contribution in [2.45, 2.75) is 18.2 Å². The molecule has 0 atom stereocenters. The molecule has 1 aromatic heterocycles. The Labute approximate surface area is 176 Å². The summed E-state index contributed by atoms with van der Waals surface area (Å²) in [6.45, 7) is 4.96. The van der Waals surface area contributed by atoms with Gasteiger partial charge in [-0.25, -0.2) is 0 Å². The lowest BCUT2D eigenvalue weighted by Gasteiger charge is -2.09. The molecule has 0 radical (unpaired) electrons. The number of aromatic nitrogens is 3. The third-order valence-corrected chi connectivity index (χ3v) is 5.51. The fourth-order valence-electron chi connectivity index (χ4n) is 2.46. The molecule has 0 aliphatic rings. The highest BCUT2D eigenvalue weighted by atomic mass is 127. The second-order valence-corrected chi connectivity index (χ2v) is 7.92. The Morgan fingerprint density at radius 1 is 1.15 bits per heavy atom. The van der Waals surface area contributed by atoms with E-state index in [0.717, 1.165) is 16.7 Å². The van der Waals surface area contributed by atoms with Crippen molar-refractivity contribution in [3.63, 3.8) is 0 Å². The minimum Gasteiger partial charge on any atom is -0.378 e. The first-order valence-electron chi connectivity index (χ1n) is 8.41. The van der Waals surface area contributed by atoms with E-state index in [1.165, 1.54) is 15.3 Å². The van der Waals surface area contributed by atoms with Crippen molar-refractivity contribution in [3.05, 3.63) is 82.2 Å². The van der Waals surface area contributed by atoms with Crippen molar-refractivity contribution in [2.75, 3.05) is 11.1 Å². The van der Waals surface area contributed by atoms with E-state index >= 15 is 0 Å². The van der Waals surface area contributed by atoms with E-state index in [1.807, 2.05) is 59.2 Å². The van der Waals surface area contributed by atoms with Crippen molar-refractivity contribution in [1.29, 1.82) is 0 Å². The summed E-state index contributed by atoms with van der Waals surface area (Å²) < 4.78 is 3.17. The molecule has 0 spiro atoms. The number of nitrogens with one attached hydrogen (secondary N) is 1. The van der Waals surface area contributed by atoms with Gasteiger partial charge in [0.25, 0.3) is 0 Å². The molecule has 138 valence electrons. The molecule has 0 bridgehead atoms. The monoisotopic (exact) mass is 490 g/mol. The summed E-state index contributed by atoms with van der Waals surface area (Å²) >= 11 is 3.68. The van der Waals surface area contributed by atoms with Crippen LogP contribution in [0, 0.1) is 3.57 Å². The second-order valence-electron chi connectivity index (χ2n) is 5.74. The number of nitrogens with zero attached hydrogens (tertiary/aromatic N) is 3. The van der Waals surface area contributed by atoms with Crippen LogP contribution in [0.3, 0.4) is 0 Å². The average Bonchev–Trinajstić information content (AvgIpc) is 3.08. The zero-order chi connectivity index (χ0) is 19.1. The van der Waals surface area contributed by atoms with Gasteiger partial charge in [0.1, 0.15) is 0 Å². The summed E-state index contributed by atoms with van der Waals surface area (Å²) in [5.41, 5.74) is 1.73. The largest absolute Gasteiger partial charge is 0.378 e. The van der Waals surface area contributed by atoms with Crippen LogP contribution in [-0.4, -0.2) is 26.3 Å². The van der Waals surface area contributed by atoms with Crippen LogP contribution >= 0.6 is 34.4 Å². The predicted octanol–water partition coefficient (Wildman–Crippen LogP) is 4.66. The number of thioether (sulfide) groups is 1. The van der Waals surface area contributed by atoms with Crippen LogP contribution in [0.5, 0.6) is 0 Å². The Hall–Kier alpha value is -2.13. The molecule has 0 aliphatic heterocycles. The highest BCUT2D eigenvalue weighted by Gasteiger charge is 2.14. The van der Waals surface area contributed by atoms with Gasteiger partial charge in [0.05, 0.1) is 12.3 Å². The van der Waals surface area contributed by atoms with Gasteiger partial charge in [0, 0.05) is 21.4 Å². The SMILES string of the molecule is C=CCn1c(CNc2ccc(I)cc2)nnc1SCC(=O)c1ccccc1. The molecule has 0 saturated heterocycles. The van der Waals surface area contributed by atoms with Gasteiger partial charge < -0.3 is 9.88 Å². The molecule has 0 amide bonds. The summed E-state index contributed by atoms with van der Waals surface area (Å²) in [6, 6.07) is 17.5. The van der Waals surface area contributed by atoms with Gasteiger partial charge in [-0.3, -0.25) is 4.79 Å². The number of hydrogen-bond donors (Lipinski definition) is 1. The zero-order valence-corrected chi connectivity index (χ0v) is 17.6. The molecule has 27 heavy (non-hydrogen) atoms. The minimum atomic E-state index is 0.0762. The van der Waals surface area contributed by atoms with Gasteiger partial charge in [0.2, 0.25) is 0 Å². The molecule has 0 unspecified atom stereocenters. The second kappa shape index (κ2) is 9.70. The van der Waals surface area contributed by atoms with Crippen LogP contribution in [0.2, 0.25) is 0 Å². The Kier molecular flexibility index (Phi) is 7.05. The van der Waals surface area contributed by atoms with Gasteiger partial charge in [-0.1, -0.05) is 48.2 Å². The number of ketones is 1. The summed E-state index contributed by atoms with van der Waals surface area (Å²) in [7, 11) is 0. The first kappa shape index (κ1) is 19.6. The van der Waals surface area contributed by atoms with E-state index in [4.69, 9.17) is 0 Å². The van der Waals surface area contributed by atoms with E-state index in [0.29, 0.717) is 24.4 Å². The smallest absolute Gasteiger partial charge is 0.192 e. The maximum Gasteiger partial charge on any atom is 0.192 e. The Morgan fingerprint density at radius 2 is 1.89 bits per heavy atom. The van der Waals surface area contributed by atoms with Gasteiger partial charge in [-0.05, 0) is 46.9 Å². The molecule has 1 heterocycles. The Balaban J connectivity index is 1.66. The standard InChI is InChI=1S/C20H19IN4OS/c1-2-12-25-19(13-22-17-10-8-16(21)9-11-17)23-24-20(25)27-14-18(26)15-6-4-3-5-7-15/h2-11,22H,1,12-14H2. The molecule has 1 N–H and O–H groups in total. The lowest BCUT2D eigenvalue weighted by Crippen LogP contribution is -2.10. The fraction of sp³-hybridized carbons (Fsp3) is 0.150. The molecule has 2 aromatic carbocycles. The predicted molar refractivity (Wildman–Crippen MR) is 118 cm³/mol. The van der Waals surface area contributed by atoms with Gasteiger partial charge in [-0.15, -0.1) is 16.8 Å². The van der Waals surface area contributed by atoms with Crippen LogP contribution in [0.25, 0.3) is 0 Å². The number of halogens is 1. The summed E-state index contributed by atoms with van der Waals surface area (Å²) in [5.74, 6) is 1.21. The van der Waals surface area contributed by atoms with Crippen LogP contribution in [0.1, 0.15) is 16.2 Å². The lowest BCUT2D eigenvalue weighted by molar-refractivity contribution is 0.102. The molecule has 7 heteroatoms. The van der Waals surface area contributed by atoms with Crippen LogP contribution < -0.4 is 5.32 Å². The topological polar surface area (TPSA) is 59.8 Å². The molecule has 5 nitrogen and oxygen atoms in total. The highest BCUT2D eigenvalue weighted by molar-refractivity contribution is 14.1. The molecular formula is C20H19IN4OS. The van der Waals surface area contributed by atoms with Crippen molar-refractivity contribution in [1.82, 2.24) is 14.8 Å². The van der Waals surface area contributed by atoms with E-state index in [1.54, 1.807) is 6.08 Å². The van der Waals surface area contributed by atoms with Crippen LogP contribution in [-0.2, 0) is 13.1 Å². The number of benzene rings is 2. The number of allylic oxidation sites excluding steroid dienone is 1. The number of anilines is 1. The first-order valence-corrected chi connectivity index (χ1v) is 10.5. The van der Waals surface area contributed by atoms with Crippen molar-refractivity contribution in [3.8, 4) is 0 Å². The Bertz CT molecular complexity index is 909. The van der Waals surface area contributed by atoms with Gasteiger partial charge in [-0.2, -0.15) is 0 Å². The van der Waals surface area contributed by atoms with E-state index in [9.17, 15) is 4.79 Å². The van der Waals surface area contributed by atoms with E-state index in [-0.39, 0.29) is 5.78 Å². The van der Waals surface area contributed by atoms with Crippen molar-refractivity contribution in [2.24, 2.45) is 0 Å². The maximum absolute atomic E-state index is 12.3. The first-order chi connectivity index (χ1) is 13.2. The molecule has 0 fully saturated rings. The van der Waals surface area contributed by atoms with Crippen molar-refractivity contribution >= 4 is 45.8 Å². The number of hydrogen-bond acceptors (Lipinski definition) is 5. The lowest BCUT2D eigenvalue weighted by atomic mass is 10.2. The summed E-state index contributed by atoms with van der Waals surface area (Å²) in [6.07, 6.45) is 1.81. The third kappa shape index (κ3) is 5.43.